The van der Waals surface area contributed by atoms with Crippen LogP contribution in [0.4, 0.5) is 10.8 Å². The Kier molecular flexibility index (Phi) is 6.17. The summed E-state index contributed by atoms with van der Waals surface area (Å²) in [6.07, 6.45) is 0. The zero-order valence-corrected chi connectivity index (χ0v) is 18.7. The third-order valence-corrected chi connectivity index (χ3v) is 6.24. The monoisotopic (exact) mass is 455 g/mol. The Balaban J connectivity index is 1.46. The van der Waals surface area contributed by atoms with Gasteiger partial charge in [-0.05, 0) is 25.1 Å². The number of benzene rings is 2. The number of rotatable bonds is 6. The van der Waals surface area contributed by atoms with E-state index in [9.17, 15) is 4.79 Å². The molecule has 2 heterocycles. The third kappa shape index (κ3) is 4.72. The number of H-pyrrole nitrogens is 1. The van der Waals surface area contributed by atoms with Crippen LogP contribution < -0.4 is 4.90 Å². The summed E-state index contributed by atoms with van der Waals surface area (Å²) in [5.41, 5.74) is 3.74. The first-order chi connectivity index (χ1) is 14.5. The molecule has 0 atom stereocenters. The minimum absolute atomic E-state index is 0.123. The van der Waals surface area contributed by atoms with E-state index in [1.165, 1.54) is 35.6 Å². The molecule has 0 unspecified atom stereocenters. The molecule has 0 fully saturated rings. The van der Waals surface area contributed by atoms with E-state index in [-0.39, 0.29) is 5.91 Å². The second-order valence-electron chi connectivity index (χ2n) is 6.58. The van der Waals surface area contributed by atoms with E-state index < -0.39 is 0 Å². The molecule has 2 aromatic heterocycles. The number of nitrogens with zero attached hydrogens (tertiary/aromatic N) is 4. The molecule has 4 aromatic rings. The summed E-state index contributed by atoms with van der Waals surface area (Å²) in [5, 5.41) is 11.0. The van der Waals surface area contributed by atoms with Crippen LogP contribution in [0.2, 0.25) is 5.02 Å². The van der Waals surface area contributed by atoms with Gasteiger partial charge in [-0.1, -0.05) is 59.3 Å². The fourth-order valence-corrected chi connectivity index (χ4v) is 4.67. The molecule has 0 saturated carbocycles. The summed E-state index contributed by atoms with van der Waals surface area (Å²) in [7, 11) is 0. The first-order valence-corrected chi connectivity index (χ1v) is 11.4. The Morgan fingerprint density at radius 1 is 1.20 bits per heavy atom. The molecule has 152 valence electrons. The zero-order chi connectivity index (χ0) is 21.1. The number of carbonyl (C=O) groups excluding carboxylic acids is 1. The van der Waals surface area contributed by atoms with Gasteiger partial charge in [0.25, 0.3) is 0 Å². The summed E-state index contributed by atoms with van der Waals surface area (Å²) >= 11 is 8.99. The number of aryl methyl sites for hydroxylation is 1. The summed E-state index contributed by atoms with van der Waals surface area (Å²) in [6, 6.07) is 15.3. The first-order valence-electron chi connectivity index (χ1n) is 9.12. The summed E-state index contributed by atoms with van der Waals surface area (Å²) in [5.74, 6) is 1.21. The molecule has 1 N–H and O–H groups in total. The fraction of sp³-hybridized carbons (Fsp3) is 0.143. The van der Waals surface area contributed by atoms with E-state index >= 15 is 0 Å². The van der Waals surface area contributed by atoms with Crippen molar-refractivity contribution in [1.82, 2.24) is 20.2 Å². The number of aromatic amines is 1. The van der Waals surface area contributed by atoms with Crippen LogP contribution in [0.15, 0.2) is 59.1 Å². The minimum atomic E-state index is -0.123. The molecule has 0 bridgehead atoms. The van der Waals surface area contributed by atoms with Crippen molar-refractivity contribution in [3.05, 3.63) is 70.2 Å². The van der Waals surface area contributed by atoms with Crippen LogP contribution in [0.1, 0.15) is 18.2 Å². The number of amides is 1. The lowest BCUT2D eigenvalue weighted by molar-refractivity contribution is -0.115. The van der Waals surface area contributed by atoms with Crippen LogP contribution in [-0.2, 0) is 10.5 Å². The standard InChI is InChI=1S/C21H18ClN5OS2/c1-13-6-8-15(9-7-13)19-24-20(26-25-19)29-11-17-12-30-21(23-17)27(14(2)28)18-5-3-4-16(22)10-18/h3-10,12H,11H2,1-2H3,(H,24,25,26). The Labute approximate surface area is 187 Å². The zero-order valence-electron chi connectivity index (χ0n) is 16.3. The molecule has 0 radical (unpaired) electrons. The molecule has 1 amide bonds. The van der Waals surface area contributed by atoms with Crippen molar-refractivity contribution < 1.29 is 4.79 Å². The predicted molar refractivity (Wildman–Crippen MR) is 123 cm³/mol. The average molecular weight is 456 g/mol. The van der Waals surface area contributed by atoms with Gasteiger partial charge in [-0.15, -0.1) is 16.4 Å². The second kappa shape index (κ2) is 8.99. The van der Waals surface area contributed by atoms with Crippen LogP contribution in [0.5, 0.6) is 0 Å². The minimum Gasteiger partial charge on any atom is -0.274 e. The van der Waals surface area contributed by atoms with Gasteiger partial charge in [-0.3, -0.25) is 14.8 Å². The van der Waals surface area contributed by atoms with Gasteiger partial charge >= 0.3 is 0 Å². The molecule has 0 saturated heterocycles. The maximum Gasteiger partial charge on any atom is 0.230 e. The van der Waals surface area contributed by atoms with Crippen LogP contribution in [0.25, 0.3) is 11.4 Å². The smallest absolute Gasteiger partial charge is 0.230 e. The second-order valence-corrected chi connectivity index (χ2v) is 8.79. The summed E-state index contributed by atoms with van der Waals surface area (Å²) in [6.45, 7) is 3.56. The quantitative estimate of drug-likeness (QED) is 0.368. The van der Waals surface area contributed by atoms with Gasteiger partial charge < -0.3 is 0 Å². The maximum absolute atomic E-state index is 12.2. The van der Waals surface area contributed by atoms with Gasteiger partial charge in [-0.2, -0.15) is 0 Å². The number of hydrogen-bond acceptors (Lipinski definition) is 6. The number of nitrogens with one attached hydrogen (secondary N) is 1. The Bertz CT molecular complexity index is 1170. The van der Waals surface area contributed by atoms with Crippen LogP contribution >= 0.6 is 34.7 Å². The highest BCUT2D eigenvalue weighted by atomic mass is 35.5. The number of aromatic nitrogens is 4. The molecule has 2 aromatic carbocycles. The van der Waals surface area contributed by atoms with Crippen LogP contribution in [0, 0.1) is 6.92 Å². The number of carbonyl (C=O) groups is 1. The maximum atomic E-state index is 12.2. The fourth-order valence-electron chi connectivity index (χ4n) is 2.80. The molecule has 4 rings (SSSR count). The van der Waals surface area contributed by atoms with Gasteiger partial charge in [0.1, 0.15) is 0 Å². The van der Waals surface area contributed by atoms with E-state index in [1.807, 2.05) is 48.7 Å². The van der Waals surface area contributed by atoms with Gasteiger partial charge in [0.05, 0.1) is 11.4 Å². The third-order valence-electron chi connectivity index (χ3n) is 4.25. The van der Waals surface area contributed by atoms with E-state index in [0.29, 0.717) is 26.8 Å². The molecule has 30 heavy (non-hydrogen) atoms. The Morgan fingerprint density at radius 2 is 2.00 bits per heavy atom. The summed E-state index contributed by atoms with van der Waals surface area (Å²) in [4.78, 5) is 23.0. The SMILES string of the molecule is CC(=O)N(c1cccc(Cl)c1)c1nc(CSc2n[nH]c(-c3ccc(C)cc3)n2)cs1. The number of thiazole rings is 1. The van der Waals surface area contributed by atoms with E-state index in [4.69, 9.17) is 11.6 Å². The lowest BCUT2D eigenvalue weighted by Gasteiger charge is -2.18. The molecule has 0 spiro atoms. The highest BCUT2D eigenvalue weighted by Crippen LogP contribution is 2.32. The highest BCUT2D eigenvalue weighted by molar-refractivity contribution is 7.98. The van der Waals surface area contributed by atoms with Gasteiger partial charge in [-0.25, -0.2) is 9.97 Å². The Hall–Kier alpha value is -2.68. The largest absolute Gasteiger partial charge is 0.274 e. The number of halogens is 1. The van der Waals surface area contributed by atoms with Gasteiger partial charge in [0, 0.05) is 28.6 Å². The molecule has 9 heteroatoms. The molecular formula is C21H18ClN5OS2. The van der Waals surface area contributed by atoms with Gasteiger partial charge in [0.15, 0.2) is 11.0 Å². The number of anilines is 2. The van der Waals surface area contributed by atoms with Crippen LogP contribution in [-0.4, -0.2) is 26.1 Å². The van der Waals surface area contributed by atoms with E-state index in [2.05, 4.69) is 20.2 Å². The predicted octanol–water partition coefficient (Wildman–Crippen LogP) is 5.87. The van der Waals surface area contributed by atoms with Crippen molar-refractivity contribution >= 4 is 51.4 Å². The Morgan fingerprint density at radius 3 is 2.73 bits per heavy atom. The average Bonchev–Trinajstić information content (AvgIpc) is 3.37. The van der Waals surface area contributed by atoms with Crippen LogP contribution in [0.3, 0.4) is 0 Å². The van der Waals surface area contributed by atoms with Crippen molar-refractivity contribution in [2.24, 2.45) is 0 Å². The first kappa shape index (κ1) is 20.6. The van der Waals surface area contributed by atoms with Crippen molar-refractivity contribution in [3.63, 3.8) is 0 Å². The van der Waals surface area contributed by atoms with Gasteiger partial charge in [0.2, 0.25) is 11.1 Å². The highest BCUT2D eigenvalue weighted by Gasteiger charge is 2.18. The number of hydrogen-bond donors (Lipinski definition) is 1. The normalized spacial score (nSPS) is 10.9. The van der Waals surface area contributed by atoms with Crippen molar-refractivity contribution in [1.29, 1.82) is 0 Å². The molecule has 0 aliphatic heterocycles. The summed E-state index contributed by atoms with van der Waals surface area (Å²) < 4.78 is 0. The van der Waals surface area contributed by atoms with E-state index in [0.717, 1.165) is 17.1 Å². The molecule has 0 aliphatic rings. The lowest BCUT2D eigenvalue weighted by atomic mass is 10.1. The topological polar surface area (TPSA) is 74.8 Å². The van der Waals surface area contributed by atoms with E-state index in [1.54, 1.807) is 17.0 Å². The molecule has 6 nitrogen and oxygen atoms in total. The number of thioether (sulfide) groups is 1. The van der Waals surface area contributed by atoms with Crippen molar-refractivity contribution in [2.45, 2.75) is 24.8 Å². The van der Waals surface area contributed by atoms with Crippen molar-refractivity contribution in [2.75, 3.05) is 4.90 Å². The molecular weight excluding hydrogens is 438 g/mol. The van der Waals surface area contributed by atoms with Crippen molar-refractivity contribution in [3.8, 4) is 11.4 Å². The lowest BCUT2D eigenvalue weighted by Crippen LogP contribution is -2.22. The molecule has 0 aliphatic carbocycles.